The van der Waals surface area contributed by atoms with Gasteiger partial charge in [0.25, 0.3) is 5.91 Å². The summed E-state index contributed by atoms with van der Waals surface area (Å²) in [5.74, 6) is 1.61. The van der Waals surface area contributed by atoms with E-state index in [1.165, 1.54) is 0 Å². The van der Waals surface area contributed by atoms with Crippen molar-refractivity contribution < 1.29 is 14.3 Å². The van der Waals surface area contributed by atoms with Crippen LogP contribution in [-0.2, 0) is 17.8 Å². The third kappa shape index (κ3) is 6.46. The summed E-state index contributed by atoms with van der Waals surface area (Å²) in [6.45, 7) is 6.53. The zero-order valence-electron chi connectivity index (χ0n) is 18.7. The van der Waals surface area contributed by atoms with E-state index in [1.807, 2.05) is 67.3 Å². The number of amides is 1. The fourth-order valence-electron chi connectivity index (χ4n) is 3.63. The number of benzene rings is 2. The molecule has 7 heteroatoms. The molecule has 1 amide bonds. The van der Waals surface area contributed by atoms with Gasteiger partial charge in [-0.15, -0.1) is 0 Å². The summed E-state index contributed by atoms with van der Waals surface area (Å²) in [5, 5.41) is 6.60. The Morgan fingerprint density at radius 3 is 2.00 bits per heavy atom. The Morgan fingerprint density at radius 2 is 1.52 bits per heavy atom. The van der Waals surface area contributed by atoms with E-state index in [-0.39, 0.29) is 18.1 Å². The van der Waals surface area contributed by atoms with Crippen molar-refractivity contribution in [2.45, 2.75) is 39.1 Å². The molecule has 1 heterocycles. The van der Waals surface area contributed by atoms with Crippen LogP contribution in [0.25, 0.3) is 0 Å². The second kappa shape index (κ2) is 10.8. The molecule has 0 bridgehead atoms. The fourth-order valence-corrected chi connectivity index (χ4v) is 3.63. The Labute approximate surface area is 184 Å². The van der Waals surface area contributed by atoms with E-state index >= 15 is 0 Å². The molecule has 2 aromatic carbocycles. The van der Waals surface area contributed by atoms with Crippen LogP contribution in [0.3, 0.4) is 0 Å². The van der Waals surface area contributed by atoms with Crippen LogP contribution < -0.4 is 15.4 Å². The van der Waals surface area contributed by atoms with Gasteiger partial charge in [0.2, 0.25) is 0 Å². The van der Waals surface area contributed by atoms with Crippen molar-refractivity contribution in [1.29, 1.82) is 0 Å². The molecule has 2 atom stereocenters. The van der Waals surface area contributed by atoms with Crippen LogP contribution in [0.2, 0.25) is 0 Å². The van der Waals surface area contributed by atoms with Gasteiger partial charge >= 0.3 is 0 Å². The van der Waals surface area contributed by atoms with E-state index in [0.29, 0.717) is 37.7 Å². The fraction of sp³-hybridized carbons (Fsp3) is 0.417. The first-order valence-corrected chi connectivity index (χ1v) is 10.6. The molecular weight excluding hydrogens is 392 g/mol. The maximum atomic E-state index is 12.8. The Hall–Kier alpha value is -3.06. The van der Waals surface area contributed by atoms with Crippen LogP contribution in [0.1, 0.15) is 35.3 Å². The topological polar surface area (TPSA) is 75.2 Å². The van der Waals surface area contributed by atoms with Gasteiger partial charge < -0.3 is 25.0 Å². The number of hydrogen-bond acceptors (Lipinski definition) is 4. The summed E-state index contributed by atoms with van der Waals surface area (Å²) in [5.41, 5.74) is 2.91. The number of carbonyl (C=O) groups is 1. The lowest BCUT2D eigenvalue weighted by Gasteiger charge is -2.35. The minimum Gasteiger partial charge on any atom is -0.497 e. The Kier molecular flexibility index (Phi) is 7.89. The number of guanidine groups is 1. The maximum absolute atomic E-state index is 12.8. The van der Waals surface area contributed by atoms with Crippen molar-refractivity contribution in [3.63, 3.8) is 0 Å². The molecule has 7 nitrogen and oxygen atoms in total. The lowest BCUT2D eigenvalue weighted by Crippen LogP contribution is -2.48. The molecule has 1 saturated heterocycles. The van der Waals surface area contributed by atoms with E-state index in [1.54, 1.807) is 14.2 Å². The summed E-state index contributed by atoms with van der Waals surface area (Å²) in [7, 11) is 3.40. The molecule has 3 rings (SSSR count). The summed E-state index contributed by atoms with van der Waals surface area (Å²) < 4.78 is 10.9. The van der Waals surface area contributed by atoms with Crippen LogP contribution in [0.15, 0.2) is 53.5 Å². The van der Waals surface area contributed by atoms with Crippen molar-refractivity contribution in [3.05, 3.63) is 65.2 Å². The molecule has 166 valence electrons. The second-order valence-electron chi connectivity index (χ2n) is 7.79. The van der Waals surface area contributed by atoms with E-state index in [9.17, 15) is 4.79 Å². The molecule has 0 radical (unpaired) electrons. The first-order chi connectivity index (χ1) is 15.0. The average molecular weight is 425 g/mol. The molecule has 1 aliphatic rings. The minimum atomic E-state index is 0.0541. The standard InChI is InChI=1S/C24H32N4O3/c1-17-15-28(16-18(2)31-17)23(29)21-9-5-19(6-10-21)13-26-24(25-3)27-14-20-7-11-22(30-4)12-8-20/h5-12,17-18H,13-16H2,1-4H3,(H2,25,26,27). The highest BCUT2D eigenvalue weighted by molar-refractivity contribution is 5.94. The number of aliphatic imine (C=N–C) groups is 1. The van der Waals surface area contributed by atoms with Gasteiger partial charge in [-0.3, -0.25) is 9.79 Å². The van der Waals surface area contributed by atoms with Gasteiger partial charge in [0.15, 0.2) is 5.96 Å². The number of morpholine rings is 1. The highest BCUT2D eigenvalue weighted by Gasteiger charge is 2.26. The predicted octanol–water partition coefficient (Wildman–Crippen LogP) is 2.81. The van der Waals surface area contributed by atoms with Gasteiger partial charge in [-0.05, 0) is 49.2 Å². The molecule has 2 unspecified atom stereocenters. The van der Waals surface area contributed by atoms with Gasteiger partial charge in [0, 0.05) is 38.8 Å². The number of rotatable bonds is 6. The van der Waals surface area contributed by atoms with Crippen LogP contribution >= 0.6 is 0 Å². The normalized spacial score (nSPS) is 19.1. The summed E-state index contributed by atoms with van der Waals surface area (Å²) in [6.07, 6.45) is 0.127. The zero-order chi connectivity index (χ0) is 22.2. The molecule has 0 aromatic heterocycles. The molecule has 1 aliphatic heterocycles. The van der Waals surface area contributed by atoms with Crippen LogP contribution in [0.4, 0.5) is 0 Å². The van der Waals surface area contributed by atoms with Crippen LogP contribution in [0, 0.1) is 0 Å². The second-order valence-corrected chi connectivity index (χ2v) is 7.79. The number of nitrogens with one attached hydrogen (secondary N) is 2. The van der Waals surface area contributed by atoms with E-state index in [0.717, 1.165) is 16.9 Å². The summed E-state index contributed by atoms with van der Waals surface area (Å²) >= 11 is 0. The molecule has 0 aliphatic carbocycles. The van der Waals surface area contributed by atoms with E-state index < -0.39 is 0 Å². The van der Waals surface area contributed by atoms with E-state index in [2.05, 4.69) is 15.6 Å². The zero-order valence-corrected chi connectivity index (χ0v) is 18.7. The van der Waals surface area contributed by atoms with Gasteiger partial charge in [-0.1, -0.05) is 24.3 Å². The lowest BCUT2D eigenvalue weighted by molar-refractivity contribution is -0.0586. The van der Waals surface area contributed by atoms with Crippen molar-refractivity contribution in [1.82, 2.24) is 15.5 Å². The highest BCUT2D eigenvalue weighted by Crippen LogP contribution is 2.15. The van der Waals surface area contributed by atoms with Crippen LogP contribution in [0.5, 0.6) is 5.75 Å². The Balaban J connectivity index is 1.49. The van der Waals surface area contributed by atoms with Crippen molar-refractivity contribution in [3.8, 4) is 5.75 Å². The molecule has 1 fully saturated rings. The van der Waals surface area contributed by atoms with Crippen molar-refractivity contribution in [2.75, 3.05) is 27.2 Å². The van der Waals surface area contributed by atoms with Crippen molar-refractivity contribution >= 4 is 11.9 Å². The molecule has 0 saturated carbocycles. The maximum Gasteiger partial charge on any atom is 0.254 e. The number of ether oxygens (including phenoxy) is 2. The Bertz CT molecular complexity index is 871. The van der Waals surface area contributed by atoms with Gasteiger partial charge in [0.05, 0.1) is 19.3 Å². The molecule has 2 N–H and O–H groups in total. The predicted molar refractivity (Wildman–Crippen MR) is 122 cm³/mol. The third-order valence-corrected chi connectivity index (χ3v) is 5.21. The molecule has 2 aromatic rings. The molecule has 0 spiro atoms. The first kappa shape index (κ1) is 22.6. The quantitative estimate of drug-likeness (QED) is 0.551. The first-order valence-electron chi connectivity index (χ1n) is 10.6. The number of carbonyl (C=O) groups excluding carboxylic acids is 1. The van der Waals surface area contributed by atoms with Gasteiger partial charge in [-0.2, -0.15) is 0 Å². The van der Waals surface area contributed by atoms with E-state index in [4.69, 9.17) is 9.47 Å². The molecular formula is C24H32N4O3. The van der Waals surface area contributed by atoms with Crippen LogP contribution in [-0.4, -0.2) is 56.2 Å². The van der Waals surface area contributed by atoms with Gasteiger partial charge in [0.1, 0.15) is 5.75 Å². The molecule has 31 heavy (non-hydrogen) atoms. The number of methoxy groups -OCH3 is 1. The summed E-state index contributed by atoms with van der Waals surface area (Å²) in [4.78, 5) is 18.9. The average Bonchev–Trinajstić information content (AvgIpc) is 2.79. The lowest BCUT2D eigenvalue weighted by atomic mass is 10.1. The largest absolute Gasteiger partial charge is 0.497 e. The number of nitrogens with zero attached hydrogens (tertiary/aromatic N) is 2. The Morgan fingerprint density at radius 1 is 1.00 bits per heavy atom. The van der Waals surface area contributed by atoms with Crippen molar-refractivity contribution in [2.24, 2.45) is 4.99 Å². The van der Waals surface area contributed by atoms with Gasteiger partial charge in [-0.25, -0.2) is 0 Å². The monoisotopic (exact) mass is 424 g/mol. The smallest absolute Gasteiger partial charge is 0.254 e. The third-order valence-electron chi connectivity index (χ3n) is 5.21. The SMILES string of the molecule is CN=C(NCc1ccc(OC)cc1)NCc1ccc(C(=O)N2CC(C)OC(C)C2)cc1. The minimum absolute atomic E-state index is 0.0541. The highest BCUT2D eigenvalue weighted by atomic mass is 16.5. The number of hydrogen-bond donors (Lipinski definition) is 2. The summed E-state index contributed by atoms with van der Waals surface area (Å²) in [6, 6.07) is 15.6.